The van der Waals surface area contributed by atoms with Gasteiger partial charge in [0.1, 0.15) is 11.5 Å². The number of sulfonamides is 1. The zero-order chi connectivity index (χ0) is 27.3. The van der Waals surface area contributed by atoms with E-state index in [1.165, 1.54) is 8.61 Å². The molecule has 0 atom stereocenters. The summed E-state index contributed by atoms with van der Waals surface area (Å²) in [5.74, 6) is 1.39. The average Bonchev–Trinajstić information content (AvgIpc) is 3.21. The van der Waals surface area contributed by atoms with E-state index in [1.54, 1.807) is 4.31 Å². The molecule has 2 fully saturated rings. The van der Waals surface area contributed by atoms with Crippen molar-refractivity contribution in [2.24, 2.45) is 0 Å². The highest BCUT2D eigenvalue weighted by Gasteiger charge is 2.36. The maximum absolute atomic E-state index is 13.2. The van der Waals surface area contributed by atoms with Crippen LogP contribution < -0.4 is 4.74 Å². The monoisotopic (exact) mass is 606 g/mol. The van der Waals surface area contributed by atoms with E-state index >= 15 is 0 Å². The number of hydrogen-bond donors (Lipinski definition) is 0. The van der Waals surface area contributed by atoms with Gasteiger partial charge in [-0.05, 0) is 35.4 Å². The van der Waals surface area contributed by atoms with Crippen molar-refractivity contribution in [1.82, 2.24) is 17.8 Å². The van der Waals surface area contributed by atoms with Gasteiger partial charge in [-0.1, -0.05) is 60.7 Å². The van der Waals surface area contributed by atoms with Gasteiger partial charge in [0.25, 0.3) is 10.2 Å². The summed E-state index contributed by atoms with van der Waals surface area (Å²) in [6.45, 7) is 4.09. The minimum Gasteiger partial charge on any atom is -0.457 e. The summed E-state index contributed by atoms with van der Waals surface area (Å²) in [5.41, 5.74) is 1.64. The molecule has 0 aliphatic carbocycles. The molecule has 216 valence electrons. The molecular weight excluding hydrogens is 572 g/mol. The van der Waals surface area contributed by atoms with E-state index in [4.69, 9.17) is 4.74 Å². The van der Waals surface area contributed by atoms with Crippen LogP contribution in [-0.2, 0) is 32.5 Å². The lowest BCUT2D eigenvalue weighted by atomic mass is 10.2. The van der Waals surface area contributed by atoms with Gasteiger partial charge in [-0.3, -0.25) is 4.90 Å². The van der Waals surface area contributed by atoms with Crippen LogP contribution in [-0.4, -0.2) is 87.0 Å². The van der Waals surface area contributed by atoms with Crippen molar-refractivity contribution in [2.75, 3.05) is 52.4 Å². The summed E-state index contributed by atoms with van der Waals surface area (Å²) in [5, 5.41) is 0. The van der Waals surface area contributed by atoms with Gasteiger partial charge < -0.3 is 4.74 Å². The lowest BCUT2D eigenvalue weighted by Gasteiger charge is -2.34. The first-order valence-corrected chi connectivity index (χ1v) is 16.1. The van der Waals surface area contributed by atoms with Crippen molar-refractivity contribution in [1.29, 1.82) is 0 Å². The molecule has 5 rings (SSSR count). The first-order valence-electron chi connectivity index (χ1n) is 13.1. The number of nitrogens with zero attached hydrogens (tertiary/aromatic N) is 4. The maximum atomic E-state index is 13.2. The quantitative estimate of drug-likeness (QED) is 0.351. The van der Waals surface area contributed by atoms with E-state index in [2.05, 4.69) is 4.90 Å². The van der Waals surface area contributed by atoms with Gasteiger partial charge in [0, 0.05) is 58.9 Å². The largest absolute Gasteiger partial charge is 0.457 e. The molecule has 0 spiro atoms. The minimum atomic E-state index is -3.57. The molecule has 3 aromatic rings. The predicted octanol–water partition coefficient (Wildman–Crippen LogP) is 3.41. The Labute approximate surface area is 243 Å². The van der Waals surface area contributed by atoms with Crippen LogP contribution in [0.1, 0.15) is 11.1 Å². The predicted molar refractivity (Wildman–Crippen MR) is 158 cm³/mol. The van der Waals surface area contributed by atoms with Gasteiger partial charge in [-0.2, -0.15) is 21.3 Å². The number of para-hydroxylation sites is 1. The van der Waals surface area contributed by atoms with E-state index in [0.29, 0.717) is 58.1 Å². The van der Waals surface area contributed by atoms with E-state index in [1.807, 2.05) is 84.9 Å². The lowest BCUT2D eigenvalue weighted by Crippen LogP contribution is -2.50. The van der Waals surface area contributed by atoms with E-state index in [0.717, 1.165) is 16.9 Å². The van der Waals surface area contributed by atoms with Gasteiger partial charge in [-0.15, -0.1) is 12.4 Å². The Morgan fingerprint density at radius 1 is 0.675 bits per heavy atom. The molecule has 3 aromatic carbocycles. The van der Waals surface area contributed by atoms with Crippen molar-refractivity contribution >= 4 is 32.6 Å². The average molecular weight is 607 g/mol. The molecule has 0 bridgehead atoms. The van der Waals surface area contributed by atoms with Crippen molar-refractivity contribution in [2.45, 2.75) is 12.3 Å². The maximum Gasteiger partial charge on any atom is 0.282 e. The van der Waals surface area contributed by atoms with Gasteiger partial charge in [0.15, 0.2) is 0 Å². The van der Waals surface area contributed by atoms with Crippen LogP contribution in [0.5, 0.6) is 11.5 Å². The fraction of sp³-hybridized carbons (Fsp3) is 0.357. The Kier molecular flexibility index (Phi) is 10.2. The van der Waals surface area contributed by atoms with Crippen LogP contribution in [0.25, 0.3) is 0 Å². The van der Waals surface area contributed by atoms with Crippen molar-refractivity contribution in [3.05, 3.63) is 96.1 Å². The van der Waals surface area contributed by atoms with Gasteiger partial charge >= 0.3 is 0 Å². The molecule has 0 amide bonds. The Hall–Kier alpha value is -2.51. The molecule has 9 nitrogen and oxygen atoms in total. The normalized spacial score (nSPS) is 18.8. The molecule has 2 aliphatic rings. The molecule has 0 N–H and O–H groups in total. The van der Waals surface area contributed by atoms with E-state index in [-0.39, 0.29) is 24.7 Å². The number of ether oxygens (including phenoxy) is 1. The Morgan fingerprint density at radius 3 is 1.98 bits per heavy atom. The number of benzene rings is 3. The van der Waals surface area contributed by atoms with Crippen LogP contribution >= 0.6 is 12.4 Å². The molecule has 0 aromatic heterocycles. The van der Waals surface area contributed by atoms with Crippen LogP contribution in [0.2, 0.25) is 0 Å². The lowest BCUT2D eigenvalue weighted by molar-refractivity contribution is 0.180. The highest BCUT2D eigenvalue weighted by molar-refractivity contribution is 7.88. The van der Waals surface area contributed by atoms with Crippen LogP contribution in [0, 0.1) is 0 Å². The third-order valence-corrected chi connectivity index (χ3v) is 10.9. The highest BCUT2D eigenvalue weighted by atomic mass is 35.5. The summed E-state index contributed by atoms with van der Waals surface area (Å²) < 4.78 is 62.5. The first kappa shape index (κ1) is 30.4. The van der Waals surface area contributed by atoms with Crippen LogP contribution in [0.3, 0.4) is 0 Å². The number of hydrogen-bond acceptors (Lipinski definition) is 6. The number of rotatable bonds is 10. The third-order valence-electron chi connectivity index (χ3n) is 7.07. The van der Waals surface area contributed by atoms with Gasteiger partial charge in [0.2, 0.25) is 10.0 Å². The summed E-state index contributed by atoms with van der Waals surface area (Å²) in [6.07, 6.45) is 0. The molecule has 2 aliphatic heterocycles. The zero-order valence-corrected chi connectivity index (χ0v) is 24.7. The molecule has 0 unspecified atom stereocenters. The topological polar surface area (TPSA) is 90.5 Å². The molecule has 2 saturated heterocycles. The number of piperazine rings is 1. The summed E-state index contributed by atoms with van der Waals surface area (Å²) in [7, 11) is -6.96. The van der Waals surface area contributed by atoms with Crippen LogP contribution in [0.4, 0.5) is 0 Å². The van der Waals surface area contributed by atoms with Crippen molar-refractivity contribution in [3.63, 3.8) is 0 Å². The molecular formula is C28H35ClN4O5S2. The fourth-order valence-electron chi connectivity index (χ4n) is 4.90. The van der Waals surface area contributed by atoms with E-state index < -0.39 is 20.2 Å². The van der Waals surface area contributed by atoms with Crippen LogP contribution in [0.15, 0.2) is 84.9 Å². The molecule has 12 heteroatoms. The van der Waals surface area contributed by atoms with Gasteiger partial charge in [0.05, 0.1) is 5.75 Å². The molecule has 0 saturated carbocycles. The summed E-state index contributed by atoms with van der Waals surface area (Å²) in [6, 6.07) is 26.2. The Bertz CT molecular complexity index is 1450. The summed E-state index contributed by atoms with van der Waals surface area (Å²) in [4.78, 5) is 2.14. The fourth-order valence-corrected chi connectivity index (χ4v) is 7.99. The second-order valence-corrected chi connectivity index (χ2v) is 13.7. The van der Waals surface area contributed by atoms with Crippen molar-refractivity contribution in [3.8, 4) is 11.5 Å². The minimum absolute atomic E-state index is 0. The standard InChI is InChI=1S/C28H34N4O5S2.ClH/c33-38(34,24-25-8-3-1-4-9-25)30-17-14-29(15-18-30)16-19-31-20-21-32(39(31,35)36)23-26-10-7-13-28(22-26)37-27-11-5-2-6-12-27;/h1-13,22H,14-21,23-24H2;1H. The SMILES string of the molecule is Cl.O=S(=O)(Cc1ccccc1)N1CCN(CCN2CCN(Cc3cccc(Oc4ccccc4)c3)S2(=O)=O)CC1. The second kappa shape index (κ2) is 13.4. The highest BCUT2D eigenvalue weighted by Crippen LogP contribution is 2.25. The smallest absolute Gasteiger partial charge is 0.282 e. The third kappa shape index (κ3) is 7.61. The summed E-state index contributed by atoms with van der Waals surface area (Å²) >= 11 is 0. The first-order chi connectivity index (χ1) is 18.8. The Morgan fingerprint density at radius 2 is 1.27 bits per heavy atom. The zero-order valence-electron chi connectivity index (χ0n) is 22.2. The van der Waals surface area contributed by atoms with E-state index in [9.17, 15) is 16.8 Å². The number of halogens is 1. The van der Waals surface area contributed by atoms with Crippen molar-refractivity contribution < 1.29 is 21.6 Å². The molecule has 2 heterocycles. The van der Waals surface area contributed by atoms with Gasteiger partial charge in [-0.25, -0.2) is 8.42 Å². The molecule has 0 radical (unpaired) electrons. The second-order valence-electron chi connectivity index (χ2n) is 9.79. The Balaban J connectivity index is 0.00000370. The molecule has 40 heavy (non-hydrogen) atoms.